The van der Waals surface area contributed by atoms with E-state index in [9.17, 15) is 4.39 Å². The smallest absolute Gasteiger partial charge is 0.140 e. The van der Waals surface area contributed by atoms with Crippen LogP contribution in [0.25, 0.3) is 11.4 Å². The SMILES string of the molecule is CN1CCC(n2ccnc2-c2ccc(F)cc2)CC1. The van der Waals surface area contributed by atoms with Crippen LogP contribution in [0.1, 0.15) is 18.9 Å². The molecule has 1 aromatic heterocycles. The molecule has 1 fully saturated rings. The second-order valence-electron chi connectivity index (χ2n) is 5.20. The third-order valence-electron chi connectivity index (χ3n) is 3.85. The van der Waals surface area contributed by atoms with Gasteiger partial charge in [-0.05, 0) is 57.2 Å². The minimum Gasteiger partial charge on any atom is -0.328 e. The van der Waals surface area contributed by atoms with Crippen LogP contribution >= 0.6 is 0 Å². The zero-order valence-corrected chi connectivity index (χ0v) is 11.1. The molecule has 1 aliphatic heterocycles. The van der Waals surface area contributed by atoms with Gasteiger partial charge in [0.1, 0.15) is 11.6 Å². The van der Waals surface area contributed by atoms with Crippen molar-refractivity contribution in [1.82, 2.24) is 14.5 Å². The van der Waals surface area contributed by atoms with Gasteiger partial charge in [-0.1, -0.05) is 0 Å². The summed E-state index contributed by atoms with van der Waals surface area (Å²) < 4.78 is 15.2. The molecule has 0 aliphatic carbocycles. The van der Waals surface area contributed by atoms with Gasteiger partial charge in [-0.2, -0.15) is 0 Å². The highest BCUT2D eigenvalue weighted by molar-refractivity contribution is 5.55. The molecule has 19 heavy (non-hydrogen) atoms. The lowest BCUT2D eigenvalue weighted by Crippen LogP contribution is -2.31. The predicted molar refractivity (Wildman–Crippen MR) is 73.4 cm³/mol. The molecule has 2 aromatic rings. The van der Waals surface area contributed by atoms with Crippen molar-refractivity contribution in [2.45, 2.75) is 18.9 Å². The van der Waals surface area contributed by atoms with E-state index in [1.165, 1.54) is 12.1 Å². The Labute approximate surface area is 112 Å². The molecule has 0 amide bonds. The van der Waals surface area contributed by atoms with E-state index in [0.717, 1.165) is 37.3 Å². The highest BCUT2D eigenvalue weighted by Gasteiger charge is 2.20. The summed E-state index contributed by atoms with van der Waals surface area (Å²) in [6, 6.07) is 7.07. The van der Waals surface area contributed by atoms with Crippen LogP contribution in [0.15, 0.2) is 36.7 Å². The molecule has 3 rings (SSSR count). The average Bonchev–Trinajstić information content (AvgIpc) is 2.90. The number of aromatic nitrogens is 2. The summed E-state index contributed by atoms with van der Waals surface area (Å²) in [7, 11) is 2.16. The van der Waals surface area contributed by atoms with Gasteiger partial charge in [0.25, 0.3) is 0 Å². The van der Waals surface area contributed by atoms with Crippen LogP contribution in [0.4, 0.5) is 4.39 Å². The Morgan fingerprint density at radius 2 is 1.84 bits per heavy atom. The Morgan fingerprint density at radius 3 is 2.53 bits per heavy atom. The van der Waals surface area contributed by atoms with Crippen LogP contribution in [-0.4, -0.2) is 34.6 Å². The number of imidazole rings is 1. The first kappa shape index (κ1) is 12.4. The minimum atomic E-state index is -0.207. The standard InChI is InChI=1S/C15H18FN3/c1-18-9-6-14(7-10-18)19-11-8-17-15(19)12-2-4-13(16)5-3-12/h2-5,8,11,14H,6-7,9-10H2,1H3. The van der Waals surface area contributed by atoms with Crippen molar-refractivity contribution >= 4 is 0 Å². The highest BCUT2D eigenvalue weighted by atomic mass is 19.1. The number of halogens is 1. The molecular formula is C15H18FN3. The Hall–Kier alpha value is -1.68. The van der Waals surface area contributed by atoms with Crippen LogP contribution in [0.2, 0.25) is 0 Å². The maximum absolute atomic E-state index is 13.0. The van der Waals surface area contributed by atoms with Crippen molar-refractivity contribution in [3.05, 3.63) is 42.5 Å². The number of hydrogen-bond acceptors (Lipinski definition) is 2. The molecule has 1 saturated heterocycles. The average molecular weight is 259 g/mol. The summed E-state index contributed by atoms with van der Waals surface area (Å²) in [6.07, 6.45) is 6.15. The van der Waals surface area contributed by atoms with Crippen LogP contribution in [0.5, 0.6) is 0 Å². The molecule has 1 aromatic carbocycles. The second-order valence-corrected chi connectivity index (χ2v) is 5.20. The Bertz CT molecular complexity index is 539. The number of piperidine rings is 1. The first-order valence-electron chi connectivity index (χ1n) is 6.71. The molecule has 0 radical (unpaired) electrons. The zero-order valence-electron chi connectivity index (χ0n) is 11.1. The van der Waals surface area contributed by atoms with Crippen molar-refractivity contribution < 1.29 is 4.39 Å². The summed E-state index contributed by atoms with van der Waals surface area (Å²) >= 11 is 0. The van der Waals surface area contributed by atoms with Gasteiger partial charge in [0.05, 0.1) is 0 Å². The normalized spacial score (nSPS) is 17.8. The maximum atomic E-state index is 13.0. The van der Waals surface area contributed by atoms with E-state index >= 15 is 0 Å². The van der Waals surface area contributed by atoms with Crippen molar-refractivity contribution in [3.63, 3.8) is 0 Å². The molecule has 0 atom stereocenters. The minimum absolute atomic E-state index is 0.207. The lowest BCUT2D eigenvalue weighted by atomic mass is 10.0. The summed E-state index contributed by atoms with van der Waals surface area (Å²) in [5.41, 5.74) is 0.977. The molecule has 0 unspecified atom stereocenters. The number of benzene rings is 1. The molecule has 1 aliphatic rings. The summed E-state index contributed by atoms with van der Waals surface area (Å²) in [5, 5.41) is 0. The van der Waals surface area contributed by atoms with Gasteiger partial charge in [0, 0.05) is 24.0 Å². The molecule has 0 bridgehead atoms. The molecule has 0 saturated carbocycles. The Balaban J connectivity index is 1.88. The third kappa shape index (κ3) is 2.54. The van der Waals surface area contributed by atoms with E-state index in [2.05, 4.69) is 21.5 Å². The Morgan fingerprint density at radius 1 is 1.16 bits per heavy atom. The van der Waals surface area contributed by atoms with E-state index in [1.54, 1.807) is 12.1 Å². The van der Waals surface area contributed by atoms with Crippen molar-refractivity contribution in [2.24, 2.45) is 0 Å². The van der Waals surface area contributed by atoms with Crippen LogP contribution in [0, 0.1) is 5.82 Å². The molecule has 0 spiro atoms. The van der Waals surface area contributed by atoms with E-state index in [1.807, 2.05) is 12.4 Å². The summed E-state index contributed by atoms with van der Waals surface area (Å²) in [4.78, 5) is 6.79. The van der Waals surface area contributed by atoms with E-state index in [4.69, 9.17) is 0 Å². The van der Waals surface area contributed by atoms with E-state index in [-0.39, 0.29) is 5.82 Å². The first-order chi connectivity index (χ1) is 9.24. The van der Waals surface area contributed by atoms with Gasteiger partial charge < -0.3 is 9.47 Å². The largest absolute Gasteiger partial charge is 0.328 e. The van der Waals surface area contributed by atoms with Crippen LogP contribution in [0.3, 0.4) is 0 Å². The van der Waals surface area contributed by atoms with Gasteiger partial charge >= 0.3 is 0 Å². The summed E-state index contributed by atoms with van der Waals surface area (Å²) in [5.74, 6) is 0.732. The molecule has 100 valence electrons. The fraction of sp³-hybridized carbons (Fsp3) is 0.400. The van der Waals surface area contributed by atoms with E-state index in [0.29, 0.717) is 6.04 Å². The monoisotopic (exact) mass is 259 g/mol. The van der Waals surface area contributed by atoms with Gasteiger partial charge in [-0.25, -0.2) is 9.37 Å². The maximum Gasteiger partial charge on any atom is 0.140 e. The van der Waals surface area contributed by atoms with Gasteiger partial charge in [-0.3, -0.25) is 0 Å². The molecule has 4 heteroatoms. The summed E-state index contributed by atoms with van der Waals surface area (Å²) in [6.45, 7) is 2.23. The lowest BCUT2D eigenvalue weighted by molar-refractivity contribution is 0.222. The van der Waals surface area contributed by atoms with Crippen molar-refractivity contribution in [3.8, 4) is 11.4 Å². The first-order valence-corrected chi connectivity index (χ1v) is 6.71. The zero-order chi connectivity index (χ0) is 13.2. The fourth-order valence-corrected chi connectivity index (χ4v) is 2.70. The number of likely N-dealkylation sites (tertiary alicyclic amines) is 1. The van der Waals surface area contributed by atoms with Crippen molar-refractivity contribution in [2.75, 3.05) is 20.1 Å². The number of hydrogen-bond donors (Lipinski definition) is 0. The lowest BCUT2D eigenvalue weighted by Gasteiger charge is -2.30. The van der Waals surface area contributed by atoms with Gasteiger partial charge in [0.2, 0.25) is 0 Å². The third-order valence-corrected chi connectivity index (χ3v) is 3.85. The van der Waals surface area contributed by atoms with Crippen molar-refractivity contribution in [1.29, 1.82) is 0 Å². The van der Waals surface area contributed by atoms with Crippen LogP contribution < -0.4 is 0 Å². The molecule has 0 N–H and O–H groups in total. The van der Waals surface area contributed by atoms with Gasteiger partial charge in [0.15, 0.2) is 0 Å². The number of nitrogens with zero attached hydrogens (tertiary/aromatic N) is 3. The highest BCUT2D eigenvalue weighted by Crippen LogP contribution is 2.27. The quantitative estimate of drug-likeness (QED) is 0.826. The molecule has 3 nitrogen and oxygen atoms in total. The number of rotatable bonds is 2. The van der Waals surface area contributed by atoms with E-state index < -0.39 is 0 Å². The second kappa shape index (κ2) is 5.13. The van der Waals surface area contributed by atoms with Gasteiger partial charge in [-0.15, -0.1) is 0 Å². The fourth-order valence-electron chi connectivity index (χ4n) is 2.70. The molecule has 2 heterocycles. The molecular weight excluding hydrogens is 241 g/mol. The Kier molecular flexibility index (Phi) is 3.34. The van der Waals surface area contributed by atoms with Crippen LogP contribution in [-0.2, 0) is 0 Å². The predicted octanol–water partition coefficient (Wildman–Crippen LogP) is 2.96. The topological polar surface area (TPSA) is 21.1 Å².